The second-order valence-corrected chi connectivity index (χ2v) is 3.21. The Morgan fingerprint density at radius 3 is 2.79 bits per heavy atom. The van der Waals surface area contributed by atoms with E-state index in [2.05, 4.69) is 5.10 Å². The minimum Gasteiger partial charge on any atom is -0.478 e. The highest BCUT2D eigenvalue weighted by molar-refractivity contribution is 5.93. The molecule has 72 valence electrons. The molecule has 1 N–H and O–H groups in total. The standard InChI is InChI=1S/C10H10N2O2/c1-6-8-4-3-5-11-12(8)7(2)9(6)10(13)14/h3-5H,1-2H3,(H,13,14). The Morgan fingerprint density at radius 2 is 2.21 bits per heavy atom. The van der Waals surface area contributed by atoms with Crippen LogP contribution in [0.15, 0.2) is 18.3 Å². The molecular formula is C10H10N2O2. The first-order chi connectivity index (χ1) is 6.63. The van der Waals surface area contributed by atoms with Crippen LogP contribution in [0.25, 0.3) is 5.52 Å². The van der Waals surface area contributed by atoms with Gasteiger partial charge in [-0.1, -0.05) is 0 Å². The summed E-state index contributed by atoms with van der Waals surface area (Å²) in [6, 6.07) is 3.66. The minimum atomic E-state index is -0.898. The van der Waals surface area contributed by atoms with E-state index in [-0.39, 0.29) is 0 Å². The first kappa shape index (κ1) is 8.74. The fourth-order valence-corrected chi connectivity index (χ4v) is 1.74. The van der Waals surface area contributed by atoms with Crippen LogP contribution in [0.1, 0.15) is 21.6 Å². The molecule has 0 atom stereocenters. The van der Waals surface area contributed by atoms with Crippen molar-refractivity contribution in [1.82, 2.24) is 9.61 Å². The van der Waals surface area contributed by atoms with E-state index in [9.17, 15) is 4.79 Å². The zero-order valence-corrected chi connectivity index (χ0v) is 7.98. The summed E-state index contributed by atoms with van der Waals surface area (Å²) in [5.41, 5.74) is 2.64. The van der Waals surface area contributed by atoms with Crippen LogP contribution in [0.4, 0.5) is 0 Å². The Bertz CT molecular complexity index is 475. The minimum absolute atomic E-state index is 0.351. The smallest absolute Gasteiger partial charge is 0.337 e. The molecule has 0 aliphatic heterocycles. The molecule has 0 fully saturated rings. The highest BCUT2D eigenvalue weighted by atomic mass is 16.4. The van der Waals surface area contributed by atoms with E-state index >= 15 is 0 Å². The lowest BCUT2D eigenvalue weighted by Gasteiger charge is -1.94. The van der Waals surface area contributed by atoms with Gasteiger partial charge in [-0.15, -0.1) is 0 Å². The molecule has 14 heavy (non-hydrogen) atoms. The van der Waals surface area contributed by atoms with Gasteiger partial charge >= 0.3 is 5.97 Å². The first-order valence-electron chi connectivity index (χ1n) is 4.29. The zero-order chi connectivity index (χ0) is 10.3. The number of aromatic carboxylic acids is 1. The Morgan fingerprint density at radius 1 is 1.50 bits per heavy atom. The lowest BCUT2D eigenvalue weighted by atomic mass is 10.1. The van der Waals surface area contributed by atoms with E-state index < -0.39 is 5.97 Å². The first-order valence-corrected chi connectivity index (χ1v) is 4.29. The van der Waals surface area contributed by atoms with Gasteiger partial charge < -0.3 is 5.11 Å². The van der Waals surface area contributed by atoms with Crippen LogP contribution >= 0.6 is 0 Å². The van der Waals surface area contributed by atoms with Crippen molar-refractivity contribution in [2.45, 2.75) is 13.8 Å². The van der Waals surface area contributed by atoms with E-state index in [0.717, 1.165) is 11.1 Å². The van der Waals surface area contributed by atoms with Crippen LogP contribution in [-0.4, -0.2) is 20.7 Å². The van der Waals surface area contributed by atoms with Gasteiger partial charge in [0.2, 0.25) is 0 Å². The van der Waals surface area contributed by atoms with Crippen molar-refractivity contribution < 1.29 is 9.90 Å². The fourth-order valence-electron chi connectivity index (χ4n) is 1.74. The third-order valence-corrected chi connectivity index (χ3v) is 2.40. The van der Waals surface area contributed by atoms with Crippen molar-refractivity contribution in [3.8, 4) is 0 Å². The van der Waals surface area contributed by atoms with Crippen LogP contribution in [0, 0.1) is 13.8 Å². The van der Waals surface area contributed by atoms with Gasteiger partial charge in [0.05, 0.1) is 16.8 Å². The molecule has 0 saturated heterocycles. The van der Waals surface area contributed by atoms with E-state index in [1.165, 1.54) is 0 Å². The molecule has 0 amide bonds. The number of rotatable bonds is 1. The number of carbonyl (C=O) groups is 1. The Labute approximate surface area is 80.8 Å². The molecule has 0 spiro atoms. The SMILES string of the molecule is Cc1c(C(=O)O)c(C)n2ncccc12. The van der Waals surface area contributed by atoms with Crippen molar-refractivity contribution in [1.29, 1.82) is 0 Å². The summed E-state index contributed by atoms with van der Waals surface area (Å²) < 4.78 is 1.65. The highest BCUT2D eigenvalue weighted by Crippen LogP contribution is 2.20. The van der Waals surface area contributed by atoms with Crippen LogP contribution in [0.3, 0.4) is 0 Å². The third kappa shape index (κ3) is 1.00. The van der Waals surface area contributed by atoms with Gasteiger partial charge in [0.1, 0.15) is 0 Å². The monoisotopic (exact) mass is 190 g/mol. The van der Waals surface area contributed by atoms with Gasteiger partial charge in [-0.25, -0.2) is 9.31 Å². The van der Waals surface area contributed by atoms with E-state index in [1.807, 2.05) is 6.07 Å². The normalized spacial score (nSPS) is 10.7. The molecule has 2 aromatic heterocycles. The van der Waals surface area contributed by atoms with Gasteiger partial charge in [-0.2, -0.15) is 5.10 Å². The summed E-state index contributed by atoms with van der Waals surface area (Å²) in [5, 5.41) is 13.1. The van der Waals surface area contributed by atoms with Crippen LogP contribution in [0.2, 0.25) is 0 Å². The van der Waals surface area contributed by atoms with Gasteiger partial charge in [-0.3, -0.25) is 0 Å². The van der Waals surface area contributed by atoms with Crippen LogP contribution < -0.4 is 0 Å². The zero-order valence-electron chi connectivity index (χ0n) is 7.98. The topological polar surface area (TPSA) is 54.6 Å². The molecule has 0 aliphatic rings. The number of aromatic nitrogens is 2. The number of hydrogen-bond acceptors (Lipinski definition) is 2. The lowest BCUT2D eigenvalue weighted by Crippen LogP contribution is -2.00. The van der Waals surface area contributed by atoms with Gasteiger partial charge in [-0.05, 0) is 31.5 Å². The Kier molecular flexibility index (Phi) is 1.77. The van der Waals surface area contributed by atoms with Crippen LogP contribution in [-0.2, 0) is 0 Å². The second-order valence-electron chi connectivity index (χ2n) is 3.21. The molecule has 0 aliphatic carbocycles. The molecular weight excluding hydrogens is 180 g/mol. The number of carboxylic acids is 1. The predicted octanol–water partition coefficient (Wildman–Crippen LogP) is 1.65. The maximum Gasteiger partial charge on any atom is 0.337 e. The average molecular weight is 190 g/mol. The fraction of sp³-hybridized carbons (Fsp3) is 0.200. The molecule has 0 radical (unpaired) electrons. The Hall–Kier alpha value is -1.84. The molecule has 2 rings (SSSR count). The molecule has 4 heteroatoms. The lowest BCUT2D eigenvalue weighted by molar-refractivity contribution is 0.0695. The Balaban J connectivity index is 2.92. The summed E-state index contributed by atoms with van der Waals surface area (Å²) in [6.07, 6.45) is 1.64. The quantitative estimate of drug-likeness (QED) is 0.743. The molecule has 0 aromatic carbocycles. The highest BCUT2D eigenvalue weighted by Gasteiger charge is 2.17. The number of carboxylic acid groups (broad SMARTS) is 1. The number of hydrogen-bond donors (Lipinski definition) is 1. The average Bonchev–Trinajstić information content (AvgIpc) is 2.41. The largest absolute Gasteiger partial charge is 0.478 e. The van der Waals surface area contributed by atoms with Crippen molar-refractivity contribution in [3.05, 3.63) is 35.2 Å². The van der Waals surface area contributed by atoms with Gasteiger partial charge in [0.25, 0.3) is 0 Å². The summed E-state index contributed by atoms with van der Waals surface area (Å²) in [6.45, 7) is 3.56. The van der Waals surface area contributed by atoms with Gasteiger partial charge in [0.15, 0.2) is 0 Å². The molecule has 0 bridgehead atoms. The second kappa shape index (κ2) is 2.83. The van der Waals surface area contributed by atoms with E-state index in [0.29, 0.717) is 11.3 Å². The van der Waals surface area contributed by atoms with Gasteiger partial charge in [0, 0.05) is 6.20 Å². The van der Waals surface area contributed by atoms with Crippen molar-refractivity contribution >= 4 is 11.5 Å². The maximum absolute atomic E-state index is 11.0. The maximum atomic E-state index is 11.0. The van der Waals surface area contributed by atoms with Crippen molar-refractivity contribution in [3.63, 3.8) is 0 Å². The molecule has 2 aromatic rings. The summed E-state index contributed by atoms with van der Waals surface area (Å²) in [4.78, 5) is 11.0. The number of fused-ring (bicyclic) bond motifs is 1. The molecule has 4 nitrogen and oxygen atoms in total. The third-order valence-electron chi connectivity index (χ3n) is 2.40. The van der Waals surface area contributed by atoms with Crippen molar-refractivity contribution in [2.24, 2.45) is 0 Å². The summed E-state index contributed by atoms with van der Waals surface area (Å²) in [5.74, 6) is -0.898. The molecule has 0 saturated carbocycles. The van der Waals surface area contributed by atoms with E-state index in [1.54, 1.807) is 30.6 Å². The summed E-state index contributed by atoms with van der Waals surface area (Å²) >= 11 is 0. The van der Waals surface area contributed by atoms with E-state index in [4.69, 9.17) is 5.11 Å². The number of aryl methyl sites for hydroxylation is 2. The predicted molar refractivity (Wildman–Crippen MR) is 51.6 cm³/mol. The van der Waals surface area contributed by atoms with Crippen molar-refractivity contribution in [2.75, 3.05) is 0 Å². The number of nitrogens with zero attached hydrogens (tertiary/aromatic N) is 2. The molecule has 2 heterocycles. The molecule has 0 unspecified atom stereocenters. The van der Waals surface area contributed by atoms with Crippen LogP contribution in [0.5, 0.6) is 0 Å². The summed E-state index contributed by atoms with van der Waals surface area (Å²) in [7, 11) is 0.